The molecule has 2 rings (SSSR count). The first-order valence-electron chi connectivity index (χ1n) is 6.40. The number of halogens is 2. The summed E-state index contributed by atoms with van der Waals surface area (Å²) in [4.78, 5) is 21.7. The van der Waals surface area contributed by atoms with Crippen molar-refractivity contribution in [3.05, 3.63) is 39.4 Å². The van der Waals surface area contributed by atoms with E-state index in [-0.39, 0.29) is 0 Å². The average molecular weight is 284 g/mol. The van der Waals surface area contributed by atoms with Crippen molar-refractivity contribution in [2.45, 2.75) is 25.7 Å². The summed E-state index contributed by atoms with van der Waals surface area (Å²) >= 11 is 0. The lowest BCUT2D eigenvalue weighted by Gasteiger charge is -2.25. The number of nitro groups is 1. The summed E-state index contributed by atoms with van der Waals surface area (Å²) < 4.78 is 26.1. The fourth-order valence-electron chi connectivity index (χ4n) is 2.14. The van der Waals surface area contributed by atoms with Crippen LogP contribution in [0.1, 0.15) is 36.0 Å². The predicted molar refractivity (Wildman–Crippen MR) is 67.3 cm³/mol. The van der Waals surface area contributed by atoms with Crippen LogP contribution in [0.3, 0.4) is 0 Å². The Labute approximate surface area is 114 Å². The van der Waals surface area contributed by atoms with Gasteiger partial charge in [-0.1, -0.05) is 19.3 Å². The number of hydrogen-bond donors (Lipinski definition) is 1. The maximum Gasteiger partial charge on any atom is 0.285 e. The number of nitrogens with one attached hydrogen (secondary N) is 1. The molecule has 0 unspecified atom stereocenters. The SMILES string of the molecule is O=C(NCCC1CCC1)c1cc(F)c(F)cc1[N+](=O)[O-]. The molecule has 0 aromatic heterocycles. The molecule has 1 amide bonds. The number of hydrogen-bond acceptors (Lipinski definition) is 3. The molecule has 0 bridgehead atoms. The van der Waals surface area contributed by atoms with Gasteiger partial charge in [-0.15, -0.1) is 0 Å². The number of amides is 1. The Bertz CT molecular complexity index is 545. The van der Waals surface area contributed by atoms with E-state index in [9.17, 15) is 23.7 Å². The molecule has 108 valence electrons. The Morgan fingerprint density at radius 1 is 1.35 bits per heavy atom. The number of carbonyl (C=O) groups excluding carboxylic acids is 1. The van der Waals surface area contributed by atoms with Gasteiger partial charge in [0.15, 0.2) is 11.6 Å². The zero-order valence-corrected chi connectivity index (χ0v) is 10.7. The highest BCUT2D eigenvalue weighted by atomic mass is 19.2. The number of nitrogens with zero attached hydrogens (tertiary/aromatic N) is 1. The van der Waals surface area contributed by atoms with Crippen molar-refractivity contribution in [1.29, 1.82) is 0 Å². The number of benzene rings is 1. The van der Waals surface area contributed by atoms with E-state index >= 15 is 0 Å². The molecule has 5 nitrogen and oxygen atoms in total. The van der Waals surface area contributed by atoms with E-state index in [4.69, 9.17) is 0 Å². The molecule has 0 aliphatic heterocycles. The highest BCUT2D eigenvalue weighted by Gasteiger charge is 2.24. The first-order chi connectivity index (χ1) is 9.49. The third-order valence-electron chi connectivity index (χ3n) is 3.54. The van der Waals surface area contributed by atoms with Crippen molar-refractivity contribution in [1.82, 2.24) is 5.32 Å². The Balaban J connectivity index is 2.07. The molecule has 0 saturated heterocycles. The van der Waals surface area contributed by atoms with Gasteiger partial charge in [-0.05, 0) is 18.4 Å². The molecule has 0 radical (unpaired) electrons. The van der Waals surface area contributed by atoms with Crippen LogP contribution in [0.5, 0.6) is 0 Å². The highest BCUT2D eigenvalue weighted by molar-refractivity contribution is 5.98. The van der Waals surface area contributed by atoms with Crippen LogP contribution >= 0.6 is 0 Å². The second kappa shape index (κ2) is 5.94. The van der Waals surface area contributed by atoms with Gasteiger partial charge in [-0.2, -0.15) is 0 Å². The second-order valence-electron chi connectivity index (χ2n) is 4.88. The lowest BCUT2D eigenvalue weighted by molar-refractivity contribution is -0.385. The van der Waals surface area contributed by atoms with Gasteiger partial charge in [0.05, 0.1) is 11.0 Å². The third-order valence-corrected chi connectivity index (χ3v) is 3.54. The molecule has 1 fully saturated rings. The highest BCUT2D eigenvalue weighted by Crippen LogP contribution is 2.29. The molecule has 1 aromatic rings. The van der Waals surface area contributed by atoms with E-state index in [1.54, 1.807) is 0 Å². The lowest BCUT2D eigenvalue weighted by Crippen LogP contribution is -2.28. The summed E-state index contributed by atoms with van der Waals surface area (Å²) in [6, 6.07) is 0.988. The molecule has 0 atom stereocenters. The molecule has 1 N–H and O–H groups in total. The molecule has 1 aromatic carbocycles. The van der Waals surface area contributed by atoms with Crippen molar-refractivity contribution in [3.8, 4) is 0 Å². The Morgan fingerprint density at radius 3 is 2.55 bits per heavy atom. The van der Waals surface area contributed by atoms with Crippen molar-refractivity contribution in [2.24, 2.45) is 5.92 Å². The summed E-state index contributed by atoms with van der Waals surface area (Å²) in [5, 5.41) is 13.3. The van der Waals surface area contributed by atoms with Gasteiger partial charge in [-0.25, -0.2) is 8.78 Å². The van der Waals surface area contributed by atoms with Gasteiger partial charge >= 0.3 is 0 Å². The van der Waals surface area contributed by atoms with E-state index in [1.165, 1.54) is 6.42 Å². The zero-order valence-electron chi connectivity index (χ0n) is 10.7. The number of carbonyl (C=O) groups is 1. The maximum absolute atomic E-state index is 13.1. The van der Waals surface area contributed by atoms with Crippen molar-refractivity contribution >= 4 is 11.6 Å². The van der Waals surface area contributed by atoms with Crippen LogP contribution in [0.4, 0.5) is 14.5 Å². The normalized spacial score (nSPS) is 14.7. The van der Waals surface area contributed by atoms with Crippen molar-refractivity contribution < 1.29 is 18.5 Å². The van der Waals surface area contributed by atoms with Crippen molar-refractivity contribution in [2.75, 3.05) is 6.54 Å². The minimum Gasteiger partial charge on any atom is -0.352 e. The second-order valence-corrected chi connectivity index (χ2v) is 4.88. The molecule has 1 aliphatic rings. The molecular formula is C13H14F2N2O3. The molecule has 1 aliphatic carbocycles. The minimum atomic E-state index is -1.34. The quantitative estimate of drug-likeness (QED) is 0.667. The Morgan fingerprint density at radius 2 is 2.00 bits per heavy atom. The van der Waals surface area contributed by atoms with Crippen LogP contribution < -0.4 is 5.32 Å². The van der Waals surface area contributed by atoms with Gasteiger partial charge in [0, 0.05) is 6.54 Å². The first-order valence-corrected chi connectivity index (χ1v) is 6.40. The topological polar surface area (TPSA) is 72.2 Å². The number of rotatable bonds is 5. The van der Waals surface area contributed by atoms with Gasteiger partial charge in [0.2, 0.25) is 0 Å². The predicted octanol–water partition coefficient (Wildman–Crippen LogP) is 2.79. The molecule has 1 saturated carbocycles. The third kappa shape index (κ3) is 3.09. The first kappa shape index (κ1) is 14.4. The van der Waals surface area contributed by atoms with Gasteiger partial charge < -0.3 is 5.32 Å². The van der Waals surface area contributed by atoms with E-state index in [0.29, 0.717) is 24.6 Å². The van der Waals surface area contributed by atoms with E-state index < -0.39 is 33.7 Å². The molecule has 7 heteroatoms. The molecule has 0 spiro atoms. The summed E-state index contributed by atoms with van der Waals surface area (Å²) in [6.07, 6.45) is 4.23. The van der Waals surface area contributed by atoms with Crippen molar-refractivity contribution in [3.63, 3.8) is 0 Å². The van der Waals surface area contributed by atoms with E-state index in [2.05, 4.69) is 5.32 Å². The van der Waals surface area contributed by atoms with Gasteiger partial charge in [0.25, 0.3) is 11.6 Å². The summed E-state index contributed by atoms with van der Waals surface area (Å²) in [6.45, 7) is 0.375. The minimum absolute atomic E-state index is 0.375. The fourth-order valence-corrected chi connectivity index (χ4v) is 2.14. The summed E-state index contributed by atoms with van der Waals surface area (Å²) in [5.74, 6) is -2.80. The molecule has 20 heavy (non-hydrogen) atoms. The van der Waals surface area contributed by atoms with Crippen LogP contribution in [0.15, 0.2) is 12.1 Å². The van der Waals surface area contributed by atoms with E-state index in [1.807, 2.05) is 0 Å². The smallest absolute Gasteiger partial charge is 0.285 e. The van der Waals surface area contributed by atoms with E-state index in [0.717, 1.165) is 19.3 Å². The Hall–Kier alpha value is -2.05. The van der Waals surface area contributed by atoms with Gasteiger partial charge in [-0.3, -0.25) is 14.9 Å². The van der Waals surface area contributed by atoms with Crippen LogP contribution in [0.2, 0.25) is 0 Å². The number of nitro benzene ring substituents is 1. The van der Waals surface area contributed by atoms with Crippen LogP contribution in [0.25, 0.3) is 0 Å². The Kier molecular flexibility index (Phi) is 4.26. The summed E-state index contributed by atoms with van der Waals surface area (Å²) in [7, 11) is 0. The van der Waals surface area contributed by atoms with Crippen LogP contribution in [0, 0.1) is 27.7 Å². The van der Waals surface area contributed by atoms with Crippen LogP contribution in [-0.4, -0.2) is 17.4 Å². The largest absolute Gasteiger partial charge is 0.352 e. The summed E-state index contributed by atoms with van der Waals surface area (Å²) in [5.41, 5.74) is -1.19. The van der Waals surface area contributed by atoms with Gasteiger partial charge in [0.1, 0.15) is 5.56 Å². The lowest BCUT2D eigenvalue weighted by atomic mass is 9.83. The monoisotopic (exact) mass is 284 g/mol. The van der Waals surface area contributed by atoms with Crippen LogP contribution in [-0.2, 0) is 0 Å². The average Bonchev–Trinajstić information content (AvgIpc) is 2.34. The maximum atomic E-state index is 13.1. The molecule has 0 heterocycles. The molecular weight excluding hydrogens is 270 g/mol. The zero-order chi connectivity index (χ0) is 14.7. The standard InChI is InChI=1S/C13H14F2N2O3/c14-10-6-9(12(17(19)20)7-11(10)15)13(18)16-5-4-8-2-1-3-8/h6-8H,1-5H2,(H,16,18). The fraction of sp³-hybridized carbons (Fsp3) is 0.462.